The highest BCUT2D eigenvalue weighted by Crippen LogP contribution is 2.11. The Bertz CT molecular complexity index is 193. The van der Waals surface area contributed by atoms with Crippen molar-refractivity contribution in [2.45, 2.75) is 27.3 Å². The summed E-state index contributed by atoms with van der Waals surface area (Å²) < 4.78 is 5.32. The smallest absolute Gasteiger partial charge is 0.119 e. The van der Waals surface area contributed by atoms with Crippen LogP contribution in [0.25, 0.3) is 0 Å². The molecule has 0 fully saturated rings. The van der Waals surface area contributed by atoms with Crippen LogP contribution in [0, 0.1) is 0 Å². The number of ether oxygens (including phenoxy) is 1. The van der Waals surface area contributed by atoms with E-state index in [1.165, 1.54) is 5.56 Å². The Morgan fingerprint density at radius 1 is 1.14 bits per heavy atom. The standard InChI is InChI=1S/C10H15NO.C2H6/c1-3-12-10-6-4-9(5-7-10)8-11-2;1-2/h4-7,11H,3,8H2,1-2H3;1-2H3. The van der Waals surface area contributed by atoms with Crippen LogP contribution in [0.2, 0.25) is 0 Å². The Morgan fingerprint density at radius 3 is 2.14 bits per heavy atom. The van der Waals surface area contributed by atoms with Crippen LogP contribution in [-0.4, -0.2) is 13.7 Å². The molecule has 1 aromatic carbocycles. The number of hydrogen-bond acceptors (Lipinski definition) is 2. The Balaban J connectivity index is 0.000000791. The molecule has 2 heteroatoms. The van der Waals surface area contributed by atoms with Crippen LogP contribution < -0.4 is 10.1 Å². The Hall–Kier alpha value is -1.02. The van der Waals surface area contributed by atoms with E-state index in [0.29, 0.717) is 0 Å². The first-order valence-corrected chi connectivity index (χ1v) is 5.23. The van der Waals surface area contributed by atoms with Crippen molar-refractivity contribution in [3.63, 3.8) is 0 Å². The highest BCUT2D eigenvalue weighted by molar-refractivity contribution is 5.27. The predicted octanol–water partition coefficient (Wildman–Crippen LogP) is 2.83. The molecule has 0 radical (unpaired) electrons. The monoisotopic (exact) mass is 195 g/mol. The molecule has 2 nitrogen and oxygen atoms in total. The van der Waals surface area contributed by atoms with Gasteiger partial charge in [-0.2, -0.15) is 0 Å². The second-order valence-electron chi connectivity index (χ2n) is 2.61. The van der Waals surface area contributed by atoms with Gasteiger partial charge in [-0.15, -0.1) is 0 Å². The third-order valence-corrected chi connectivity index (χ3v) is 1.62. The molecule has 0 amide bonds. The van der Waals surface area contributed by atoms with E-state index in [4.69, 9.17) is 4.74 Å². The first-order chi connectivity index (χ1) is 6.86. The molecule has 0 spiro atoms. The van der Waals surface area contributed by atoms with Gasteiger partial charge in [0.05, 0.1) is 6.61 Å². The van der Waals surface area contributed by atoms with Crippen molar-refractivity contribution < 1.29 is 4.74 Å². The number of nitrogens with one attached hydrogen (secondary N) is 1. The highest BCUT2D eigenvalue weighted by Gasteiger charge is 1.92. The van der Waals surface area contributed by atoms with Crippen molar-refractivity contribution in [1.29, 1.82) is 0 Å². The normalized spacial score (nSPS) is 8.86. The minimum absolute atomic E-state index is 0.728. The number of rotatable bonds is 4. The quantitative estimate of drug-likeness (QED) is 0.797. The molecule has 0 unspecified atom stereocenters. The lowest BCUT2D eigenvalue weighted by Crippen LogP contribution is -2.04. The maximum absolute atomic E-state index is 5.32. The van der Waals surface area contributed by atoms with Gasteiger partial charge in [0.15, 0.2) is 0 Å². The van der Waals surface area contributed by atoms with Crippen LogP contribution in [-0.2, 0) is 6.54 Å². The third-order valence-electron chi connectivity index (χ3n) is 1.62. The van der Waals surface area contributed by atoms with Gasteiger partial charge in [-0.1, -0.05) is 26.0 Å². The summed E-state index contributed by atoms with van der Waals surface area (Å²) in [4.78, 5) is 0. The summed E-state index contributed by atoms with van der Waals surface area (Å²) in [6.45, 7) is 7.62. The van der Waals surface area contributed by atoms with Gasteiger partial charge in [0.2, 0.25) is 0 Å². The van der Waals surface area contributed by atoms with Crippen LogP contribution >= 0.6 is 0 Å². The van der Waals surface area contributed by atoms with Crippen LogP contribution in [0.5, 0.6) is 5.75 Å². The van der Waals surface area contributed by atoms with Crippen molar-refractivity contribution in [2.24, 2.45) is 0 Å². The van der Waals surface area contributed by atoms with Gasteiger partial charge in [-0.25, -0.2) is 0 Å². The largest absolute Gasteiger partial charge is 0.494 e. The number of benzene rings is 1. The van der Waals surface area contributed by atoms with Gasteiger partial charge in [0.1, 0.15) is 5.75 Å². The fourth-order valence-corrected chi connectivity index (χ4v) is 1.07. The Kier molecular flexibility index (Phi) is 7.95. The van der Waals surface area contributed by atoms with Crippen molar-refractivity contribution >= 4 is 0 Å². The zero-order valence-corrected chi connectivity index (χ0v) is 9.63. The van der Waals surface area contributed by atoms with Crippen molar-refractivity contribution in [3.05, 3.63) is 29.8 Å². The second kappa shape index (κ2) is 8.57. The van der Waals surface area contributed by atoms with Gasteiger partial charge in [0, 0.05) is 6.54 Å². The summed E-state index contributed by atoms with van der Waals surface area (Å²) in [6, 6.07) is 8.13. The van der Waals surface area contributed by atoms with Crippen molar-refractivity contribution in [1.82, 2.24) is 5.32 Å². The molecule has 0 saturated heterocycles. The summed E-state index contributed by atoms with van der Waals surface area (Å²) in [7, 11) is 1.94. The molecular weight excluding hydrogens is 174 g/mol. The second-order valence-corrected chi connectivity index (χ2v) is 2.61. The lowest BCUT2D eigenvalue weighted by atomic mass is 10.2. The fourth-order valence-electron chi connectivity index (χ4n) is 1.07. The van der Waals surface area contributed by atoms with Crippen molar-refractivity contribution in [3.8, 4) is 5.75 Å². The minimum atomic E-state index is 0.728. The Morgan fingerprint density at radius 2 is 1.71 bits per heavy atom. The zero-order valence-electron chi connectivity index (χ0n) is 9.63. The molecule has 0 aliphatic rings. The number of hydrogen-bond donors (Lipinski definition) is 1. The molecule has 0 bridgehead atoms. The van der Waals surface area contributed by atoms with Gasteiger partial charge >= 0.3 is 0 Å². The molecule has 80 valence electrons. The van der Waals surface area contributed by atoms with Crippen LogP contribution in [0.15, 0.2) is 24.3 Å². The zero-order chi connectivity index (χ0) is 10.8. The summed E-state index contributed by atoms with van der Waals surface area (Å²) in [5.41, 5.74) is 1.28. The SMILES string of the molecule is CC.CCOc1ccc(CNC)cc1. The van der Waals surface area contributed by atoms with Crippen LogP contribution in [0.1, 0.15) is 26.3 Å². The van der Waals surface area contributed by atoms with E-state index in [9.17, 15) is 0 Å². The van der Waals surface area contributed by atoms with E-state index in [1.807, 2.05) is 40.0 Å². The molecule has 0 saturated carbocycles. The Labute approximate surface area is 87.3 Å². The lowest BCUT2D eigenvalue weighted by Gasteiger charge is -2.03. The summed E-state index contributed by atoms with van der Waals surface area (Å²) in [5, 5.41) is 3.09. The molecule has 0 aliphatic heterocycles. The van der Waals surface area contributed by atoms with E-state index in [0.717, 1.165) is 18.9 Å². The van der Waals surface area contributed by atoms with Crippen LogP contribution in [0.4, 0.5) is 0 Å². The minimum Gasteiger partial charge on any atom is -0.494 e. The van der Waals surface area contributed by atoms with E-state index in [2.05, 4.69) is 17.4 Å². The van der Waals surface area contributed by atoms with Gasteiger partial charge < -0.3 is 10.1 Å². The molecule has 0 aliphatic carbocycles. The molecule has 0 heterocycles. The molecule has 1 rings (SSSR count). The average molecular weight is 195 g/mol. The van der Waals surface area contributed by atoms with Crippen LogP contribution in [0.3, 0.4) is 0 Å². The van der Waals surface area contributed by atoms with E-state index >= 15 is 0 Å². The van der Waals surface area contributed by atoms with Gasteiger partial charge in [-0.05, 0) is 31.7 Å². The van der Waals surface area contributed by atoms with E-state index < -0.39 is 0 Å². The fraction of sp³-hybridized carbons (Fsp3) is 0.500. The molecule has 0 atom stereocenters. The topological polar surface area (TPSA) is 21.3 Å². The summed E-state index contributed by atoms with van der Waals surface area (Å²) >= 11 is 0. The molecular formula is C12H21NO. The van der Waals surface area contributed by atoms with E-state index in [1.54, 1.807) is 0 Å². The molecule has 14 heavy (non-hydrogen) atoms. The highest BCUT2D eigenvalue weighted by atomic mass is 16.5. The first-order valence-electron chi connectivity index (χ1n) is 5.23. The third kappa shape index (κ3) is 4.87. The summed E-state index contributed by atoms with van der Waals surface area (Å²) in [6.07, 6.45) is 0. The summed E-state index contributed by atoms with van der Waals surface area (Å²) in [5.74, 6) is 0.942. The maximum Gasteiger partial charge on any atom is 0.119 e. The first kappa shape index (κ1) is 13.0. The molecule has 1 aromatic rings. The molecule has 0 aromatic heterocycles. The van der Waals surface area contributed by atoms with Gasteiger partial charge in [-0.3, -0.25) is 0 Å². The van der Waals surface area contributed by atoms with Gasteiger partial charge in [0.25, 0.3) is 0 Å². The van der Waals surface area contributed by atoms with E-state index in [-0.39, 0.29) is 0 Å². The average Bonchev–Trinajstić information content (AvgIpc) is 2.25. The lowest BCUT2D eigenvalue weighted by molar-refractivity contribution is 0.340. The maximum atomic E-state index is 5.32. The molecule has 1 N–H and O–H groups in total. The predicted molar refractivity (Wildman–Crippen MR) is 61.7 cm³/mol. The van der Waals surface area contributed by atoms with Crippen molar-refractivity contribution in [2.75, 3.05) is 13.7 Å².